The molecule has 0 saturated carbocycles. The Bertz CT molecular complexity index is 1730. The first-order valence-corrected chi connectivity index (χ1v) is 16.3. The molecule has 8 N–H and O–H groups in total. The first-order valence-electron chi connectivity index (χ1n) is 12.5. The molecule has 234 valence electrons. The molecule has 3 aromatic rings. The smallest absolute Gasteiger partial charge is 0.352 e. The van der Waals surface area contributed by atoms with Gasteiger partial charge < -0.3 is 31.7 Å². The van der Waals surface area contributed by atoms with E-state index in [4.69, 9.17) is 5.73 Å². The molecule has 17 nitrogen and oxygen atoms in total. The predicted octanol–water partition coefficient (Wildman–Crippen LogP) is -0.173. The van der Waals surface area contributed by atoms with Gasteiger partial charge in [-0.25, -0.2) is 15.2 Å². The number of phenolic OH excluding ortho intramolecular Hbond substituents is 2. The highest BCUT2D eigenvalue weighted by atomic mass is 32.2. The lowest BCUT2D eigenvalue weighted by Crippen LogP contribution is -2.71. The number of carboxylic acids is 1. The Morgan fingerprint density at radius 2 is 2.00 bits per heavy atom. The van der Waals surface area contributed by atoms with Gasteiger partial charge in [0.25, 0.3) is 5.91 Å². The van der Waals surface area contributed by atoms with Gasteiger partial charge in [0, 0.05) is 16.9 Å². The molecule has 0 aliphatic carbocycles. The summed E-state index contributed by atoms with van der Waals surface area (Å²) < 4.78 is 0.647. The fraction of sp³-hybridized carbons (Fsp3) is 0.208. The van der Waals surface area contributed by atoms with Gasteiger partial charge in [-0.1, -0.05) is 23.1 Å². The number of hydrazone groups is 1. The van der Waals surface area contributed by atoms with Crippen molar-refractivity contribution in [2.75, 3.05) is 17.2 Å². The number of carbonyl (C=O) groups excluding carboxylic acids is 4. The van der Waals surface area contributed by atoms with E-state index in [1.807, 2.05) is 5.43 Å². The fourth-order valence-electron chi connectivity index (χ4n) is 4.15. The van der Waals surface area contributed by atoms with Crippen molar-refractivity contribution in [3.63, 3.8) is 0 Å². The van der Waals surface area contributed by atoms with Crippen LogP contribution in [0.25, 0.3) is 0 Å². The maximum atomic E-state index is 13.4. The van der Waals surface area contributed by atoms with E-state index in [-0.39, 0.29) is 33.8 Å². The Labute approximate surface area is 269 Å². The molecule has 1 aromatic carbocycles. The molecular weight excluding hydrogens is 671 g/mol. The first-order chi connectivity index (χ1) is 21.5. The van der Waals surface area contributed by atoms with Gasteiger partial charge in [-0.15, -0.1) is 33.3 Å². The van der Waals surface area contributed by atoms with Gasteiger partial charge in [-0.05, 0) is 29.3 Å². The quantitative estimate of drug-likeness (QED) is 0.0364. The third kappa shape index (κ3) is 7.00. The highest BCUT2D eigenvalue weighted by Crippen LogP contribution is 2.42. The number of nitrogens with two attached hydrogens (primary N) is 1. The summed E-state index contributed by atoms with van der Waals surface area (Å²) in [4.78, 5) is 68.9. The number of nitrogens with one attached hydrogen (secondary N) is 3. The number of carbonyl (C=O) groups is 5. The van der Waals surface area contributed by atoms with Crippen LogP contribution in [0, 0.1) is 0 Å². The Hall–Kier alpha value is -4.73. The van der Waals surface area contributed by atoms with Gasteiger partial charge in [0.15, 0.2) is 27.0 Å². The monoisotopic (exact) mass is 691 g/mol. The van der Waals surface area contributed by atoms with Crippen LogP contribution in [-0.4, -0.2) is 94.1 Å². The van der Waals surface area contributed by atoms with Crippen LogP contribution in [-0.2, 0) is 24.0 Å². The minimum Gasteiger partial charge on any atom is -0.504 e. The van der Waals surface area contributed by atoms with Gasteiger partial charge >= 0.3 is 17.8 Å². The summed E-state index contributed by atoms with van der Waals surface area (Å²) in [5.74, 6) is -5.57. The van der Waals surface area contributed by atoms with Crippen LogP contribution in [0.2, 0.25) is 0 Å². The number of hydrogen-bond donors (Lipinski definition) is 7. The molecule has 4 heterocycles. The van der Waals surface area contributed by atoms with Gasteiger partial charge in [0.05, 0.1) is 11.9 Å². The third-order valence-electron chi connectivity index (χ3n) is 6.22. The number of aliphatic carboxylic acids is 1. The second-order valence-corrected chi connectivity index (χ2v) is 13.2. The van der Waals surface area contributed by atoms with E-state index in [2.05, 4.69) is 30.9 Å². The number of fused-ring (bicyclic) bond motifs is 1. The molecule has 2 aromatic heterocycles. The van der Waals surface area contributed by atoms with Crippen molar-refractivity contribution < 1.29 is 39.3 Å². The molecule has 0 radical (unpaired) electrons. The van der Waals surface area contributed by atoms with Crippen molar-refractivity contribution in [3.05, 3.63) is 51.6 Å². The summed E-state index contributed by atoms with van der Waals surface area (Å²) >= 11 is 4.84. The zero-order valence-electron chi connectivity index (χ0n) is 22.4. The maximum absolute atomic E-state index is 13.4. The number of thiazole rings is 1. The van der Waals surface area contributed by atoms with Crippen LogP contribution >= 0.6 is 46.2 Å². The first kappa shape index (κ1) is 31.7. The SMILES string of the molecule is Nc1nc(C(NC(=O)C(=O)N/N=C/c2ccc(O)c(O)c2)C(=O)NC2C(=O)N3C(C(=O)O)=C(CSc4nncs4)CS[C@H]23)cs1. The molecule has 2 unspecified atom stereocenters. The number of amides is 4. The second kappa shape index (κ2) is 13.5. The van der Waals surface area contributed by atoms with E-state index < -0.39 is 52.8 Å². The molecule has 2 aliphatic heterocycles. The highest BCUT2D eigenvalue weighted by Gasteiger charge is 2.54. The third-order valence-corrected chi connectivity index (χ3v) is 10.2. The molecule has 5 rings (SSSR count). The van der Waals surface area contributed by atoms with Gasteiger partial charge in [-0.3, -0.25) is 24.1 Å². The molecule has 4 amide bonds. The van der Waals surface area contributed by atoms with Crippen molar-refractivity contribution in [1.82, 2.24) is 36.1 Å². The number of nitrogens with zero attached hydrogens (tertiary/aromatic N) is 5. The van der Waals surface area contributed by atoms with Crippen LogP contribution in [0.3, 0.4) is 0 Å². The molecule has 0 spiro atoms. The number of β-lactam (4-membered cyclic amide) rings is 1. The summed E-state index contributed by atoms with van der Waals surface area (Å²) in [6, 6.07) is 1.09. The minimum atomic E-state index is -1.54. The number of rotatable bonds is 10. The number of aromatic hydroxyl groups is 2. The molecule has 3 atom stereocenters. The second-order valence-electron chi connectivity index (χ2n) is 9.11. The van der Waals surface area contributed by atoms with Gasteiger partial charge in [-0.2, -0.15) is 5.10 Å². The largest absolute Gasteiger partial charge is 0.504 e. The molecule has 1 fully saturated rings. The lowest BCUT2D eigenvalue weighted by atomic mass is 10.0. The molecular formula is C24H21N9O8S4. The summed E-state index contributed by atoms with van der Waals surface area (Å²) in [6.07, 6.45) is 1.10. The van der Waals surface area contributed by atoms with E-state index in [1.165, 1.54) is 58.4 Å². The standard InChI is InChI=1S/C24H21N9O8S4/c25-23-28-11(7-43-23)14(29-18(37)19(38)31-26-4-9-1-2-12(34)13(35)3-9)17(36)30-15-20(39)33-16(22(40)41)10(5-42-21(15)33)6-44-24-32-27-8-45-24/h1-4,7-8,14-15,21,34-35H,5-6H2,(H2,25,28)(H,29,37)(H,30,36)(H,31,38)(H,40,41)/b26-4+/t14?,15?,21-/m1/s1. The number of carboxylic acid groups (broad SMARTS) is 1. The number of thioether (sulfide) groups is 2. The molecule has 1 saturated heterocycles. The van der Waals surface area contributed by atoms with Crippen LogP contribution < -0.4 is 21.8 Å². The average Bonchev–Trinajstić information content (AvgIpc) is 3.70. The van der Waals surface area contributed by atoms with Gasteiger partial charge in [0.2, 0.25) is 5.91 Å². The Balaban J connectivity index is 1.25. The summed E-state index contributed by atoms with van der Waals surface area (Å²) in [7, 11) is 0. The van der Waals surface area contributed by atoms with Crippen molar-refractivity contribution in [3.8, 4) is 11.5 Å². The summed E-state index contributed by atoms with van der Waals surface area (Å²) in [6.45, 7) is 0. The zero-order valence-corrected chi connectivity index (χ0v) is 25.7. The van der Waals surface area contributed by atoms with Crippen molar-refractivity contribution in [2.45, 2.75) is 21.8 Å². The van der Waals surface area contributed by atoms with Crippen molar-refractivity contribution >= 4 is 87.1 Å². The Morgan fingerprint density at radius 3 is 2.67 bits per heavy atom. The van der Waals surface area contributed by atoms with Crippen LogP contribution in [0.1, 0.15) is 17.3 Å². The van der Waals surface area contributed by atoms with E-state index in [9.17, 15) is 39.3 Å². The lowest BCUT2D eigenvalue weighted by Gasteiger charge is -2.49. The van der Waals surface area contributed by atoms with E-state index in [1.54, 1.807) is 5.51 Å². The average molecular weight is 692 g/mol. The van der Waals surface area contributed by atoms with E-state index in [0.717, 1.165) is 22.5 Å². The van der Waals surface area contributed by atoms with E-state index >= 15 is 0 Å². The van der Waals surface area contributed by atoms with Gasteiger partial charge in [0.1, 0.15) is 22.6 Å². The number of hydrogen-bond acceptors (Lipinski definition) is 16. The predicted molar refractivity (Wildman–Crippen MR) is 163 cm³/mol. The highest BCUT2D eigenvalue weighted by molar-refractivity contribution is 8.01. The topological polar surface area (TPSA) is 262 Å². The Morgan fingerprint density at radius 1 is 1.20 bits per heavy atom. The normalized spacial score (nSPS) is 18.2. The van der Waals surface area contributed by atoms with Crippen LogP contribution in [0.5, 0.6) is 11.5 Å². The number of aromatic nitrogens is 3. The van der Waals surface area contributed by atoms with Crippen molar-refractivity contribution in [2.24, 2.45) is 5.10 Å². The molecule has 21 heteroatoms. The minimum absolute atomic E-state index is 0.00116. The Kier molecular flexibility index (Phi) is 9.51. The number of nitrogen functional groups attached to an aromatic ring is 1. The zero-order chi connectivity index (χ0) is 32.2. The molecule has 0 bridgehead atoms. The lowest BCUT2D eigenvalue weighted by molar-refractivity contribution is -0.151. The maximum Gasteiger partial charge on any atom is 0.352 e. The number of anilines is 1. The molecule has 2 aliphatic rings. The number of phenols is 2. The summed E-state index contributed by atoms with van der Waals surface area (Å²) in [5.41, 5.74) is 9.88. The number of benzene rings is 1. The summed E-state index contributed by atoms with van der Waals surface area (Å²) in [5, 5.41) is 45.6. The fourth-order valence-corrected chi connectivity index (χ4v) is 7.71. The van der Waals surface area contributed by atoms with Crippen LogP contribution in [0.4, 0.5) is 5.13 Å². The van der Waals surface area contributed by atoms with Crippen molar-refractivity contribution in [1.29, 1.82) is 0 Å². The molecule has 45 heavy (non-hydrogen) atoms. The van der Waals surface area contributed by atoms with E-state index in [0.29, 0.717) is 15.5 Å². The van der Waals surface area contributed by atoms with Crippen LogP contribution in [0.15, 0.2) is 49.8 Å².